The molecule has 1 amide bonds. The van der Waals surface area contributed by atoms with Crippen LogP contribution in [0.5, 0.6) is 0 Å². The van der Waals surface area contributed by atoms with Gasteiger partial charge >= 0.3 is 0 Å². The van der Waals surface area contributed by atoms with E-state index in [1.807, 2.05) is 49.7 Å². The number of hydrogen-bond donors (Lipinski definition) is 1. The Kier molecular flexibility index (Phi) is 5.47. The van der Waals surface area contributed by atoms with Gasteiger partial charge in [-0.1, -0.05) is 43.6 Å². The van der Waals surface area contributed by atoms with E-state index in [0.29, 0.717) is 23.0 Å². The van der Waals surface area contributed by atoms with Crippen LogP contribution in [-0.4, -0.2) is 21.7 Å². The van der Waals surface area contributed by atoms with Crippen LogP contribution in [-0.2, 0) is 6.54 Å². The number of benzene rings is 1. The molecule has 1 N–H and O–H groups in total. The van der Waals surface area contributed by atoms with E-state index in [9.17, 15) is 4.79 Å². The van der Waals surface area contributed by atoms with Gasteiger partial charge in [0, 0.05) is 16.8 Å². The van der Waals surface area contributed by atoms with Crippen molar-refractivity contribution in [2.75, 3.05) is 0 Å². The number of aryl methyl sites for hydroxylation is 1. The molecule has 0 bridgehead atoms. The van der Waals surface area contributed by atoms with Crippen LogP contribution in [0.3, 0.4) is 0 Å². The summed E-state index contributed by atoms with van der Waals surface area (Å²) in [5, 5.41) is 8.27. The van der Waals surface area contributed by atoms with Crippen LogP contribution in [0.2, 0.25) is 5.02 Å². The van der Waals surface area contributed by atoms with Crippen LogP contribution >= 0.6 is 11.6 Å². The molecule has 0 saturated carbocycles. The van der Waals surface area contributed by atoms with E-state index in [1.54, 1.807) is 0 Å². The average molecular weight is 334 g/mol. The first-order chi connectivity index (χ1) is 10.8. The van der Waals surface area contributed by atoms with E-state index in [2.05, 4.69) is 24.3 Å². The second-order valence-corrected chi connectivity index (χ2v) is 6.71. The molecule has 0 radical (unpaired) electrons. The summed E-state index contributed by atoms with van der Waals surface area (Å²) in [4.78, 5) is 12.5. The molecule has 1 aromatic carbocycles. The van der Waals surface area contributed by atoms with Gasteiger partial charge in [-0.2, -0.15) is 5.10 Å². The third-order valence-corrected chi connectivity index (χ3v) is 4.61. The summed E-state index contributed by atoms with van der Waals surface area (Å²) < 4.78 is 1.84. The predicted octanol–water partition coefficient (Wildman–Crippen LogP) is 3.98. The summed E-state index contributed by atoms with van der Waals surface area (Å²) in [6.07, 6.45) is 0. The van der Waals surface area contributed by atoms with Crippen molar-refractivity contribution < 1.29 is 4.79 Å². The van der Waals surface area contributed by atoms with Gasteiger partial charge in [-0.3, -0.25) is 9.48 Å². The highest BCUT2D eigenvalue weighted by Gasteiger charge is 2.21. The molecule has 0 fully saturated rings. The molecule has 0 aliphatic heterocycles. The maximum Gasteiger partial charge on any atom is 0.255 e. The maximum atomic E-state index is 12.5. The third-order valence-electron chi connectivity index (χ3n) is 4.25. The molecule has 1 heterocycles. The van der Waals surface area contributed by atoms with Gasteiger partial charge in [-0.15, -0.1) is 0 Å². The molecule has 5 heteroatoms. The third kappa shape index (κ3) is 3.94. The van der Waals surface area contributed by atoms with Gasteiger partial charge in [-0.25, -0.2) is 0 Å². The van der Waals surface area contributed by atoms with Crippen LogP contribution in [0.1, 0.15) is 48.1 Å². The minimum atomic E-state index is -0.0633. The summed E-state index contributed by atoms with van der Waals surface area (Å²) in [6, 6.07) is 7.80. The quantitative estimate of drug-likeness (QED) is 0.899. The Morgan fingerprint density at radius 1 is 1.26 bits per heavy atom. The topological polar surface area (TPSA) is 46.9 Å². The lowest BCUT2D eigenvalue weighted by Gasteiger charge is -2.17. The van der Waals surface area contributed by atoms with Crippen molar-refractivity contribution in [1.82, 2.24) is 15.1 Å². The molecule has 124 valence electrons. The molecule has 2 rings (SSSR count). The Labute approximate surface area is 142 Å². The van der Waals surface area contributed by atoms with Gasteiger partial charge in [0.15, 0.2) is 0 Å². The summed E-state index contributed by atoms with van der Waals surface area (Å²) in [6.45, 7) is 10.5. The zero-order valence-corrected chi connectivity index (χ0v) is 15.1. The molecule has 2 aromatic rings. The minimum absolute atomic E-state index is 0.0633. The number of aromatic nitrogens is 2. The lowest BCUT2D eigenvalue weighted by atomic mass is 10.1. The number of carbonyl (C=O) groups is 1. The molecule has 1 unspecified atom stereocenters. The SMILES string of the molecule is Cc1nn(Cc2ccccc2Cl)c(C)c1C(=O)NC(C)C(C)C. The van der Waals surface area contributed by atoms with E-state index < -0.39 is 0 Å². The Morgan fingerprint density at radius 2 is 1.91 bits per heavy atom. The average Bonchev–Trinajstić information content (AvgIpc) is 2.75. The molecule has 0 aliphatic rings. The van der Waals surface area contributed by atoms with Gasteiger partial charge in [0.25, 0.3) is 5.91 Å². The zero-order chi connectivity index (χ0) is 17.1. The van der Waals surface area contributed by atoms with Crippen LogP contribution in [0.15, 0.2) is 24.3 Å². The van der Waals surface area contributed by atoms with Crippen molar-refractivity contribution in [3.63, 3.8) is 0 Å². The Hall–Kier alpha value is -1.81. The fourth-order valence-corrected chi connectivity index (χ4v) is 2.61. The summed E-state index contributed by atoms with van der Waals surface area (Å²) >= 11 is 6.22. The molecule has 0 saturated heterocycles. The highest BCUT2D eigenvalue weighted by atomic mass is 35.5. The van der Waals surface area contributed by atoms with E-state index in [-0.39, 0.29) is 11.9 Å². The highest BCUT2D eigenvalue weighted by Crippen LogP contribution is 2.19. The monoisotopic (exact) mass is 333 g/mol. The number of rotatable bonds is 5. The largest absolute Gasteiger partial charge is 0.349 e. The Morgan fingerprint density at radius 3 is 2.52 bits per heavy atom. The number of amides is 1. The van der Waals surface area contributed by atoms with Gasteiger partial charge in [0.05, 0.1) is 17.8 Å². The Bertz CT molecular complexity index is 706. The van der Waals surface area contributed by atoms with Crippen LogP contribution < -0.4 is 5.32 Å². The van der Waals surface area contributed by atoms with E-state index in [4.69, 9.17) is 11.6 Å². The van der Waals surface area contributed by atoms with Gasteiger partial charge in [-0.05, 0) is 38.3 Å². The standard InChI is InChI=1S/C18H24ClN3O/c1-11(2)12(3)20-18(23)17-13(4)21-22(14(17)5)10-15-8-6-7-9-16(15)19/h6-9,11-12H,10H2,1-5H3,(H,20,23). The molecular formula is C18H24ClN3O. The molecule has 0 spiro atoms. The molecule has 4 nitrogen and oxygen atoms in total. The lowest BCUT2D eigenvalue weighted by Crippen LogP contribution is -2.36. The summed E-state index contributed by atoms with van der Waals surface area (Å²) in [7, 11) is 0. The molecule has 23 heavy (non-hydrogen) atoms. The fraction of sp³-hybridized carbons (Fsp3) is 0.444. The molecule has 0 aliphatic carbocycles. The van der Waals surface area contributed by atoms with Crippen molar-refractivity contribution >= 4 is 17.5 Å². The van der Waals surface area contributed by atoms with Crippen molar-refractivity contribution in [1.29, 1.82) is 0 Å². The van der Waals surface area contributed by atoms with Crippen LogP contribution in [0, 0.1) is 19.8 Å². The van der Waals surface area contributed by atoms with Crippen LogP contribution in [0.4, 0.5) is 0 Å². The summed E-state index contributed by atoms with van der Waals surface area (Å²) in [5.41, 5.74) is 3.24. The number of halogens is 1. The van der Waals surface area contributed by atoms with Crippen molar-refractivity contribution in [2.24, 2.45) is 5.92 Å². The normalized spacial score (nSPS) is 12.5. The number of nitrogens with zero attached hydrogens (tertiary/aromatic N) is 2. The number of carbonyl (C=O) groups excluding carboxylic acids is 1. The first kappa shape index (κ1) is 17.5. The van der Waals surface area contributed by atoms with Crippen molar-refractivity contribution in [3.05, 3.63) is 51.8 Å². The van der Waals surface area contributed by atoms with E-state index in [0.717, 1.165) is 17.0 Å². The second kappa shape index (κ2) is 7.18. The first-order valence-corrected chi connectivity index (χ1v) is 8.27. The molecule has 1 aromatic heterocycles. The van der Waals surface area contributed by atoms with Crippen molar-refractivity contribution in [2.45, 2.75) is 47.2 Å². The van der Waals surface area contributed by atoms with E-state index >= 15 is 0 Å². The number of nitrogens with one attached hydrogen (secondary N) is 1. The highest BCUT2D eigenvalue weighted by molar-refractivity contribution is 6.31. The van der Waals surface area contributed by atoms with Crippen molar-refractivity contribution in [3.8, 4) is 0 Å². The fourth-order valence-electron chi connectivity index (χ4n) is 2.41. The van der Waals surface area contributed by atoms with Gasteiger partial charge < -0.3 is 5.32 Å². The maximum absolute atomic E-state index is 12.5. The lowest BCUT2D eigenvalue weighted by molar-refractivity contribution is 0.0929. The molecular weight excluding hydrogens is 310 g/mol. The zero-order valence-electron chi connectivity index (χ0n) is 14.4. The molecule has 1 atom stereocenters. The smallest absolute Gasteiger partial charge is 0.255 e. The van der Waals surface area contributed by atoms with E-state index in [1.165, 1.54) is 0 Å². The summed E-state index contributed by atoms with van der Waals surface area (Å²) in [5.74, 6) is 0.323. The van der Waals surface area contributed by atoms with Gasteiger partial charge in [0.2, 0.25) is 0 Å². The van der Waals surface area contributed by atoms with Gasteiger partial charge in [0.1, 0.15) is 0 Å². The first-order valence-electron chi connectivity index (χ1n) is 7.89. The van der Waals surface area contributed by atoms with Crippen LogP contribution in [0.25, 0.3) is 0 Å². The minimum Gasteiger partial charge on any atom is -0.349 e. The predicted molar refractivity (Wildman–Crippen MR) is 94.0 cm³/mol. The Balaban J connectivity index is 2.26. The number of hydrogen-bond acceptors (Lipinski definition) is 2. The second-order valence-electron chi connectivity index (χ2n) is 6.30.